The molecule has 0 spiro atoms. The second-order valence-electron chi connectivity index (χ2n) is 3.11. The summed E-state index contributed by atoms with van der Waals surface area (Å²) in [5.74, 6) is 0.586. The number of rotatable bonds is 4. The van der Waals surface area contributed by atoms with Crippen molar-refractivity contribution in [3.05, 3.63) is 18.2 Å². The van der Waals surface area contributed by atoms with E-state index in [0.717, 1.165) is 12.8 Å². The molecular weight excluding hydrogens is 180 g/mol. The topological polar surface area (TPSA) is 76.4 Å². The molecule has 78 valence electrons. The first-order valence-electron chi connectivity index (χ1n) is 4.75. The fourth-order valence-corrected chi connectivity index (χ4v) is 1.53. The number of imidazole rings is 1. The van der Waals surface area contributed by atoms with Crippen molar-refractivity contribution in [3.8, 4) is 0 Å². The highest BCUT2D eigenvalue weighted by atomic mass is 16.4. The molecule has 5 nitrogen and oxygen atoms in total. The van der Waals surface area contributed by atoms with E-state index in [-0.39, 0.29) is 5.84 Å². The predicted molar refractivity (Wildman–Crippen MR) is 54.4 cm³/mol. The largest absolute Gasteiger partial charge is 0.409 e. The van der Waals surface area contributed by atoms with Gasteiger partial charge in [0.15, 0.2) is 5.82 Å². The molecule has 0 amide bonds. The third kappa shape index (κ3) is 1.86. The van der Waals surface area contributed by atoms with Gasteiger partial charge in [0.2, 0.25) is 5.84 Å². The minimum Gasteiger partial charge on any atom is -0.409 e. The molecule has 0 radical (unpaired) electrons. The Morgan fingerprint density at radius 2 is 2.29 bits per heavy atom. The van der Waals surface area contributed by atoms with Crippen LogP contribution in [0.3, 0.4) is 0 Å². The quantitative estimate of drug-likeness (QED) is 0.330. The van der Waals surface area contributed by atoms with E-state index in [4.69, 9.17) is 10.9 Å². The molecule has 0 fully saturated rings. The fourth-order valence-electron chi connectivity index (χ4n) is 1.53. The van der Waals surface area contributed by atoms with E-state index in [0.29, 0.717) is 11.9 Å². The van der Waals surface area contributed by atoms with E-state index >= 15 is 0 Å². The summed E-state index contributed by atoms with van der Waals surface area (Å²) in [6.07, 6.45) is 5.51. The van der Waals surface area contributed by atoms with Crippen molar-refractivity contribution in [1.29, 1.82) is 0 Å². The molecule has 0 aliphatic heterocycles. The summed E-state index contributed by atoms with van der Waals surface area (Å²) in [7, 11) is 0. The first kappa shape index (κ1) is 10.6. The molecule has 0 unspecified atom stereocenters. The van der Waals surface area contributed by atoms with Gasteiger partial charge in [0.25, 0.3) is 0 Å². The Hall–Kier alpha value is -1.52. The van der Waals surface area contributed by atoms with Gasteiger partial charge in [0, 0.05) is 18.4 Å². The van der Waals surface area contributed by atoms with E-state index in [1.54, 1.807) is 6.20 Å². The highest BCUT2D eigenvalue weighted by Crippen LogP contribution is 2.16. The van der Waals surface area contributed by atoms with Gasteiger partial charge in [-0.15, -0.1) is 0 Å². The van der Waals surface area contributed by atoms with Gasteiger partial charge in [-0.25, -0.2) is 4.98 Å². The molecule has 0 saturated carbocycles. The first-order valence-corrected chi connectivity index (χ1v) is 4.75. The third-order valence-electron chi connectivity index (χ3n) is 2.34. The molecule has 1 rings (SSSR count). The molecule has 0 bridgehead atoms. The van der Waals surface area contributed by atoms with Crippen molar-refractivity contribution >= 4 is 5.84 Å². The van der Waals surface area contributed by atoms with Gasteiger partial charge in [0.05, 0.1) is 0 Å². The average Bonchev–Trinajstić information content (AvgIpc) is 2.68. The van der Waals surface area contributed by atoms with Crippen molar-refractivity contribution in [2.75, 3.05) is 0 Å². The van der Waals surface area contributed by atoms with Gasteiger partial charge in [-0.1, -0.05) is 19.0 Å². The zero-order chi connectivity index (χ0) is 10.6. The summed E-state index contributed by atoms with van der Waals surface area (Å²) in [4.78, 5) is 4.05. The monoisotopic (exact) mass is 196 g/mol. The van der Waals surface area contributed by atoms with Gasteiger partial charge < -0.3 is 15.5 Å². The summed E-state index contributed by atoms with van der Waals surface area (Å²) in [6.45, 7) is 4.20. The van der Waals surface area contributed by atoms with Crippen LogP contribution in [0.5, 0.6) is 0 Å². The maximum atomic E-state index is 8.57. The highest BCUT2D eigenvalue weighted by molar-refractivity contribution is 5.93. The first-order chi connectivity index (χ1) is 6.74. The number of aromatic nitrogens is 2. The molecule has 0 saturated heterocycles. The van der Waals surface area contributed by atoms with Crippen molar-refractivity contribution < 1.29 is 5.21 Å². The second-order valence-corrected chi connectivity index (χ2v) is 3.11. The summed E-state index contributed by atoms with van der Waals surface area (Å²) in [5.41, 5.74) is 5.50. The zero-order valence-electron chi connectivity index (χ0n) is 8.51. The summed E-state index contributed by atoms with van der Waals surface area (Å²) >= 11 is 0. The van der Waals surface area contributed by atoms with Crippen LogP contribution in [0.2, 0.25) is 0 Å². The Morgan fingerprint density at radius 1 is 1.64 bits per heavy atom. The van der Waals surface area contributed by atoms with Crippen molar-refractivity contribution in [3.63, 3.8) is 0 Å². The van der Waals surface area contributed by atoms with Crippen LogP contribution in [0.25, 0.3) is 0 Å². The lowest BCUT2D eigenvalue weighted by molar-refractivity contribution is 0.317. The Balaban J connectivity index is 3.03. The third-order valence-corrected chi connectivity index (χ3v) is 2.34. The average molecular weight is 196 g/mol. The molecule has 0 aliphatic rings. The van der Waals surface area contributed by atoms with Crippen molar-refractivity contribution in [1.82, 2.24) is 9.55 Å². The number of nitrogens with zero attached hydrogens (tertiary/aromatic N) is 3. The lowest BCUT2D eigenvalue weighted by atomic mass is 10.1. The van der Waals surface area contributed by atoms with Crippen LogP contribution in [0.15, 0.2) is 17.5 Å². The Labute approximate surface area is 83.2 Å². The molecule has 1 heterocycles. The fraction of sp³-hybridized carbons (Fsp3) is 0.556. The minimum atomic E-state index is 0.0573. The zero-order valence-corrected chi connectivity index (χ0v) is 8.51. The van der Waals surface area contributed by atoms with Crippen LogP contribution in [-0.2, 0) is 0 Å². The van der Waals surface area contributed by atoms with Crippen LogP contribution in [0.1, 0.15) is 38.6 Å². The predicted octanol–water partition coefficient (Wildman–Crippen LogP) is 1.34. The Kier molecular flexibility index (Phi) is 3.50. The standard InChI is InChI=1S/C9H16N4O/c1-3-7(4-2)13-6-5-11-9(13)8(10)12-14/h5-7,14H,3-4H2,1-2H3,(H2,10,12). The maximum absolute atomic E-state index is 8.57. The molecule has 5 heteroatoms. The van der Waals surface area contributed by atoms with Crippen molar-refractivity contribution in [2.45, 2.75) is 32.7 Å². The normalized spacial score (nSPS) is 12.4. The van der Waals surface area contributed by atoms with Gasteiger partial charge >= 0.3 is 0 Å². The summed E-state index contributed by atoms with van der Waals surface area (Å²) in [6, 6.07) is 0.354. The molecule has 0 aliphatic carbocycles. The molecule has 3 N–H and O–H groups in total. The molecule has 0 aromatic carbocycles. The number of oxime groups is 1. The highest BCUT2D eigenvalue weighted by Gasteiger charge is 2.13. The summed E-state index contributed by atoms with van der Waals surface area (Å²) < 4.78 is 1.94. The molecular formula is C9H16N4O. The summed E-state index contributed by atoms with van der Waals surface area (Å²) in [5, 5.41) is 11.5. The van der Waals surface area contributed by atoms with Crippen LogP contribution in [0, 0.1) is 0 Å². The number of amidine groups is 1. The SMILES string of the molecule is CCC(CC)n1ccnc1C(N)=NO. The van der Waals surface area contributed by atoms with E-state index in [9.17, 15) is 0 Å². The van der Waals surface area contributed by atoms with Gasteiger partial charge in [-0.2, -0.15) is 0 Å². The van der Waals surface area contributed by atoms with Gasteiger partial charge in [-0.3, -0.25) is 0 Å². The van der Waals surface area contributed by atoms with E-state index < -0.39 is 0 Å². The van der Waals surface area contributed by atoms with Crippen molar-refractivity contribution in [2.24, 2.45) is 10.9 Å². The molecule has 1 aromatic rings. The number of hydrogen-bond acceptors (Lipinski definition) is 3. The number of nitrogens with two attached hydrogens (primary N) is 1. The van der Waals surface area contributed by atoms with Gasteiger partial charge in [-0.05, 0) is 12.8 Å². The number of hydrogen-bond donors (Lipinski definition) is 2. The van der Waals surface area contributed by atoms with Crippen LogP contribution in [-0.4, -0.2) is 20.6 Å². The smallest absolute Gasteiger partial charge is 0.206 e. The lowest BCUT2D eigenvalue weighted by Crippen LogP contribution is -2.21. The second kappa shape index (κ2) is 4.64. The Bertz CT molecular complexity index is 314. The Morgan fingerprint density at radius 3 is 2.79 bits per heavy atom. The van der Waals surface area contributed by atoms with E-state index in [1.165, 1.54) is 0 Å². The maximum Gasteiger partial charge on any atom is 0.206 e. The minimum absolute atomic E-state index is 0.0573. The molecule has 0 atom stereocenters. The molecule has 1 aromatic heterocycles. The van der Waals surface area contributed by atoms with Gasteiger partial charge in [0.1, 0.15) is 0 Å². The van der Waals surface area contributed by atoms with E-state index in [1.807, 2.05) is 10.8 Å². The van der Waals surface area contributed by atoms with Crippen LogP contribution in [0.4, 0.5) is 0 Å². The van der Waals surface area contributed by atoms with Crippen LogP contribution >= 0.6 is 0 Å². The lowest BCUT2D eigenvalue weighted by Gasteiger charge is -2.16. The molecule has 14 heavy (non-hydrogen) atoms. The van der Waals surface area contributed by atoms with E-state index in [2.05, 4.69) is 24.0 Å². The van der Waals surface area contributed by atoms with Crippen LogP contribution < -0.4 is 5.73 Å².